The summed E-state index contributed by atoms with van der Waals surface area (Å²) in [6.45, 7) is 1.01. The van der Waals surface area contributed by atoms with E-state index in [9.17, 15) is 4.79 Å². The number of carbonyl (C=O) groups is 1. The van der Waals surface area contributed by atoms with Crippen LogP contribution < -0.4 is 10.2 Å². The average Bonchev–Trinajstić information content (AvgIpc) is 3.28. The molecule has 1 N–H and O–H groups in total. The van der Waals surface area contributed by atoms with Crippen LogP contribution in [0.4, 0.5) is 11.4 Å². The second kappa shape index (κ2) is 7.40. The summed E-state index contributed by atoms with van der Waals surface area (Å²) in [5.41, 5.74) is 4.14. The summed E-state index contributed by atoms with van der Waals surface area (Å²) in [4.78, 5) is 18.8. The highest BCUT2D eigenvalue weighted by molar-refractivity contribution is 6.30. The predicted molar refractivity (Wildman–Crippen MR) is 105 cm³/mol. The minimum absolute atomic E-state index is 0.0763. The summed E-state index contributed by atoms with van der Waals surface area (Å²) in [6, 6.07) is 13.2. The van der Waals surface area contributed by atoms with Gasteiger partial charge in [-0.25, -0.2) is 0 Å². The number of fused-ring (bicyclic) bond motifs is 1. The minimum atomic E-state index is -0.0763. The molecule has 0 bridgehead atoms. The molecule has 0 aliphatic carbocycles. The standard InChI is InChI=1S/C20H19ClN4O2/c1-25-11-10-14-12-16(6-7-17(14)25)22-18(26)8-9-19-23-20(24-27-19)13-2-4-15(21)5-3-13/h2-7,12H,8-11H2,1H3,(H,22,26). The van der Waals surface area contributed by atoms with Crippen molar-refractivity contribution >= 4 is 28.9 Å². The first-order chi connectivity index (χ1) is 13.1. The highest BCUT2D eigenvalue weighted by Gasteiger charge is 2.16. The SMILES string of the molecule is CN1CCc2cc(NC(=O)CCc3nc(-c4ccc(Cl)cc4)no3)ccc21. The van der Waals surface area contributed by atoms with Gasteiger partial charge in [0, 0.05) is 48.4 Å². The lowest BCUT2D eigenvalue weighted by Gasteiger charge is -2.12. The molecule has 1 amide bonds. The molecule has 6 nitrogen and oxygen atoms in total. The Morgan fingerprint density at radius 1 is 1.26 bits per heavy atom. The molecule has 1 aliphatic rings. The first-order valence-electron chi connectivity index (χ1n) is 8.81. The third-order valence-corrected chi connectivity index (χ3v) is 4.88. The van der Waals surface area contributed by atoms with Crippen LogP contribution in [0.3, 0.4) is 0 Å². The van der Waals surface area contributed by atoms with Crippen LogP contribution in [0, 0.1) is 0 Å². The number of nitrogens with one attached hydrogen (secondary N) is 1. The number of anilines is 2. The normalized spacial score (nSPS) is 12.9. The van der Waals surface area contributed by atoms with E-state index in [0.29, 0.717) is 23.2 Å². The molecular formula is C20H19ClN4O2. The van der Waals surface area contributed by atoms with Gasteiger partial charge in [0.05, 0.1) is 0 Å². The number of hydrogen-bond donors (Lipinski definition) is 1. The van der Waals surface area contributed by atoms with E-state index in [1.807, 2.05) is 30.3 Å². The first-order valence-corrected chi connectivity index (χ1v) is 9.19. The molecule has 2 heterocycles. The highest BCUT2D eigenvalue weighted by Crippen LogP contribution is 2.29. The molecule has 27 heavy (non-hydrogen) atoms. The van der Waals surface area contributed by atoms with E-state index in [2.05, 4.69) is 27.4 Å². The van der Waals surface area contributed by atoms with Crippen LogP contribution in [0.1, 0.15) is 17.9 Å². The predicted octanol–water partition coefficient (Wildman–Crippen LogP) is 3.95. The molecule has 0 unspecified atom stereocenters. The van der Waals surface area contributed by atoms with Gasteiger partial charge in [-0.1, -0.05) is 16.8 Å². The number of nitrogens with zero attached hydrogens (tertiary/aromatic N) is 3. The maximum Gasteiger partial charge on any atom is 0.227 e. The Labute approximate surface area is 162 Å². The van der Waals surface area contributed by atoms with Crippen LogP contribution in [-0.4, -0.2) is 29.6 Å². The van der Waals surface area contributed by atoms with Crippen LogP contribution in [0.2, 0.25) is 5.02 Å². The molecule has 7 heteroatoms. The summed E-state index contributed by atoms with van der Waals surface area (Å²) in [5.74, 6) is 0.850. The Morgan fingerprint density at radius 3 is 2.89 bits per heavy atom. The van der Waals surface area contributed by atoms with Gasteiger partial charge >= 0.3 is 0 Å². The van der Waals surface area contributed by atoms with Gasteiger partial charge in [-0.05, 0) is 54.4 Å². The number of carbonyl (C=O) groups excluding carboxylic acids is 1. The molecular weight excluding hydrogens is 364 g/mol. The third-order valence-electron chi connectivity index (χ3n) is 4.63. The monoisotopic (exact) mass is 382 g/mol. The van der Waals surface area contributed by atoms with Crippen LogP contribution in [0.25, 0.3) is 11.4 Å². The van der Waals surface area contributed by atoms with Crippen molar-refractivity contribution in [1.29, 1.82) is 0 Å². The Hall–Kier alpha value is -2.86. The summed E-state index contributed by atoms with van der Waals surface area (Å²) in [5, 5.41) is 7.55. The average molecular weight is 383 g/mol. The Morgan fingerprint density at radius 2 is 2.07 bits per heavy atom. The third kappa shape index (κ3) is 3.95. The van der Waals surface area contributed by atoms with Gasteiger partial charge in [-0.2, -0.15) is 4.98 Å². The maximum absolute atomic E-state index is 12.2. The maximum atomic E-state index is 12.2. The molecule has 138 valence electrons. The molecule has 0 radical (unpaired) electrons. The molecule has 1 aromatic heterocycles. The van der Waals surface area contributed by atoms with Crippen molar-refractivity contribution in [3.05, 3.63) is 58.9 Å². The number of aryl methyl sites for hydroxylation is 1. The van der Waals surface area contributed by atoms with E-state index < -0.39 is 0 Å². The summed E-state index contributed by atoms with van der Waals surface area (Å²) in [6.07, 6.45) is 1.67. The second-order valence-electron chi connectivity index (χ2n) is 6.58. The number of likely N-dealkylation sites (N-methyl/N-ethyl adjacent to an activating group) is 1. The summed E-state index contributed by atoms with van der Waals surface area (Å²) >= 11 is 5.88. The minimum Gasteiger partial charge on any atom is -0.374 e. The summed E-state index contributed by atoms with van der Waals surface area (Å²) in [7, 11) is 2.08. The van der Waals surface area contributed by atoms with Crippen LogP contribution in [-0.2, 0) is 17.6 Å². The van der Waals surface area contributed by atoms with Crippen molar-refractivity contribution < 1.29 is 9.32 Å². The zero-order valence-electron chi connectivity index (χ0n) is 14.9. The lowest BCUT2D eigenvalue weighted by molar-refractivity contribution is -0.116. The summed E-state index contributed by atoms with van der Waals surface area (Å²) < 4.78 is 5.24. The zero-order valence-corrected chi connectivity index (χ0v) is 15.7. The van der Waals surface area contributed by atoms with Crippen molar-refractivity contribution in [2.45, 2.75) is 19.3 Å². The topological polar surface area (TPSA) is 71.3 Å². The van der Waals surface area contributed by atoms with E-state index in [1.165, 1.54) is 11.3 Å². The number of hydrogen-bond acceptors (Lipinski definition) is 5. The molecule has 4 rings (SSSR count). The van der Waals surface area contributed by atoms with Gasteiger partial charge in [0.1, 0.15) is 0 Å². The van der Waals surface area contributed by atoms with E-state index in [1.54, 1.807) is 12.1 Å². The van der Waals surface area contributed by atoms with Gasteiger partial charge in [0.25, 0.3) is 0 Å². The number of amides is 1. The van der Waals surface area contributed by atoms with E-state index in [0.717, 1.165) is 24.2 Å². The van der Waals surface area contributed by atoms with Crippen LogP contribution in [0.15, 0.2) is 47.0 Å². The molecule has 3 aromatic rings. The van der Waals surface area contributed by atoms with E-state index in [-0.39, 0.29) is 12.3 Å². The number of halogens is 1. The molecule has 0 atom stereocenters. The van der Waals surface area contributed by atoms with E-state index >= 15 is 0 Å². The van der Waals surface area contributed by atoms with Gasteiger partial charge < -0.3 is 14.7 Å². The molecule has 0 spiro atoms. The lowest BCUT2D eigenvalue weighted by atomic mass is 10.1. The quantitative estimate of drug-likeness (QED) is 0.723. The fourth-order valence-corrected chi connectivity index (χ4v) is 3.29. The molecule has 0 saturated heterocycles. The van der Waals surface area contributed by atoms with Crippen LogP contribution >= 0.6 is 11.6 Å². The van der Waals surface area contributed by atoms with Gasteiger partial charge in [0.2, 0.25) is 17.6 Å². The van der Waals surface area contributed by atoms with Crippen LogP contribution in [0.5, 0.6) is 0 Å². The van der Waals surface area contributed by atoms with Crippen molar-refractivity contribution in [3.63, 3.8) is 0 Å². The Kier molecular flexibility index (Phi) is 4.81. The van der Waals surface area contributed by atoms with Crippen molar-refractivity contribution in [2.75, 3.05) is 23.8 Å². The van der Waals surface area contributed by atoms with Crippen molar-refractivity contribution in [1.82, 2.24) is 10.1 Å². The molecule has 0 fully saturated rings. The second-order valence-corrected chi connectivity index (χ2v) is 7.02. The highest BCUT2D eigenvalue weighted by atomic mass is 35.5. The number of aromatic nitrogens is 2. The van der Waals surface area contributed by atoms with Crippen molar-refractivity contribution in [2.24, 2.45) is 0 Å². The number of benzene rings is 2. The molecule has 1 aliphatic heterocycles. The Balaban J connectivity index is 1.34. The lowest BCUT2D eigenvalue weighted by Crippen LogP contribution is -2.13. The Bertz CT molecular complexity index is 968. The van der Waals surface area contributed by atoms with Gasteiger partial charge in [0.15, 0.2) is 0 Å². The van der Waals surface area contributed by atoms with Crippen molar-refractivity contribution in [3.8, 4) is 11.4 Å². The first kappa shape index (κ1) is 17.5. The van der Waals surface area contributed by atoms with Gasteiger partial charge in [-0.3, -0.25) is 4.79 Å². The largest absolute Gasteiger partial charge is 0.374 e. The molecule has 0 saturated carbocycles. The fourth-order valence-electron chi connectivity index (χ4n) is 3.16. The molecule has 2 aromatic carbocycles. The van der Waals surface area contributed by atoms with Gasteiger partial charge in [-0.15, -0.1) is 0 Å². The zero-order chi connectivity index (χ0) is 18.8. The van der Waals surface area contributed by atoms with E-state index in [4.69, 9.17) is 16.1 Å². The fraction of sp³-hybridized carbons (Fsp3) is 0.250. The smallest absolute Gasteiger partial charge is 0.227 e. The number of rotatable bonds is 5.